The van der Waals surface area contributed by atoms with Crippen molar-refractivity contribution in [2.75, 3.05) is 0 Å². The minimum atomic E-state index is 0.852. The minimum absolute atomic E-state index is 0.852. The molecule has 3 aromatic rings. The monoisotopic (exact) mass is 262 g/mol. The van der Waals surface area contributed by atoms with E-state index in [9.17, 15) is 0 Å². The quantitative estimate of drug-likeness (QED) is 0.695. The molecule has 20 heavy (non-hydrogen) atoms. The molecule has 0 unspecified atom stereocenters. The lowest BCUT2D eigenvalue weighted by atomic mass is 10.1. The molecule has 0 saturated carbocycles. The van der Waals surface area contributed by atoms with E-state index in [1.54, 1.807) is 0 Å². The molecule has 0 radical (unpaired) electrons. The summed E-state index contributed by atoms with van der Waals surface area (Å²) < 4.78 is 2.25. The average molecular weight is 262 g/mol. The minimum Gasteiger partial charge on any atom is -0.300 e. The average Bonchev–Trinajstić information content (AvgIpc) is 2.76. The summed E-state index contributed by atoms with van der Waals surface area (Å²) in [6.45, 7) is 4.20. The van der Waals surface area contributed by atoms with E-state index in [0.717, 1.165) is 17.9 Å². The molecular weight excluding hydrogens is 244 g/mol. The van der Waals surface area contributed by atoms with Crippen molar-refractivity contribution in [2.24, 2.45) is 0 Å². The van der Waals surface area contributed by atoms with Crippen LogP contribution >= 0.6 is 0 Å². The summed E-state index contributed by atoms with van der Waals surface area (Å²) in [5.41, 5.74) is 4.77. The molecule has 2 nitrogen and oxygen atoms in total. The first kappa shape index (κ1) is 12.7. The molecule has 0 aliphatic carbocycles. The Morgan fingerprint density at radius 3 is 2.10 bits per heavy atom. The van der Waals surface area contributed by atoms with Crippen LogP contribution in [0, 0.1) is 13.8 Å². The predicted molar refractivity (Wildman–Crippen MR) is 82.3 cm³/mol. The molecule has 2 aromatic carbocycles. The number of aryl methyl sites for hydroxylation is 1. The van der Waals surface area contributed by atoms with Gasteiger partial charge in [0.1, 0.15) is 5.82 Å². The van der Waals surface area contributed by atoms with Crippen molar-refractivity contribution in [1.29, 1.82) is 0 Å². The van der Waals surface area contributed by atoms with Crippen molar-refractivity contribution < 1.29 is 0 Å². The van der Waals surface area contributed by atoms with Crippen molar-refractivity contribution in [3.8, 4) is 5.69 Å². The molecule has 0 saturated heterocycles. The van der Waals surface area contributed by atoms with Gasteiger partial charge in [0.2, 0.25) is 0 Å². The number of imidazole rings is 1. The van der Waals surface area contributed by atoms with Crippen molar-refractivity contribution >= 4 is 0 Å². The smallest absolute Gasteiger partial charge is 0.118 e. The number of para-hydroxylation sites is 1. The van der Waals surface area contributed by atoms with Gasteiger partial charge in [0.25, 0.3) is 0 Å². The van der Waals surface area contributed by atoms with E-state index < -0.39 is 0 Å². The van der Waals surface area contributed by atoms with Gasteiger partial charge in [0.15, 0.2) is 0 Å². The van der Waals surface area contributed by atoms with E-state index in [1.807, 2.05) is 12.1 Å². The van der Waals surface area contributed by atoms with Crippen LogP contribution in [0.3, 0.4) is 0 Å². The zero-order valence-corrected chi connectivity index (χ0v) is 11.9. The summed E-state index contributed by atoms with van der Waals surface area (Å²) in [6.07, 6.45) is 0.852. The van der Waals surface area contributed by atoms with E-state index in [0.29, 0.717) is 0 Å². The third kappa shape index (κ3) is 2.37. The second kappa shape index (κ2) is 5.33. The third-order valence-corrected chi connectivity index (χ3v) is 3.63. The van der Waals surface area contributed by atoms with Crippen LogP contribution in [-0.4, -0.2) is 9.55 Å². The molecule has 1 aromatic heterocycles. The van der Waals surface area contributed by atoms with Crippen LogP contribution in [0.5, 0.6) is 0 Å². The molecule has 3 rings (SSSR count). The van der Waals surface area contributed by atoms with Crippen LogP contribution in [-0.2, 0) is 6.42 Å². The molecule has 1 heterocycles. The Balaban J connectivity index is 2.06. The molecule has 0 aliphatic rings. The maximum atomic E-state index is 4.74. The molecule has 0 atom stereocenters. The number of benzene rings is 2. The van der Waals surface area contributed by atoms with Gasteiger partial charge in [0, 0.05) is 17.8 Å². The molecule has 100 valence electrons. The molecule has 0 bridgehead atoms. The summed E-state index contributed by atoms with van der Waals surface area (Å²) >= 11 is 0. The fraction of sp³-hybridized carbons (Fsp3) is 0.167. The van der Waals surface area contributed by atoms with Crippen LogP contribution in [0.25, 0.3) is 5.69 Å². The van der Waals surface area contributed by atoms with Crippen LogP contribution < -0.4 is 0 Å². The lowest BCUT2D eigenvalue weighted by Crippen LogP contribution is -2.03. The van der Waals surface area contributed by atoms with E-state index in [-0.39, 0.29) is 0 Å². The lowest BCUT2D eigenvalue weighted by Gasteiger charge is -2.10. The zero-order valence-electron chi connectivity index (χ0n) is 11.9. The Morgan fingerprint density at radius 1 is 0.850 bits per heavy atom. The Bertz CT molecular complexity index is 697. The molecule has 0 N–H and O–H groups in total. The van der Waals surface area contributed by atoms with Crippen LogP contribution in [0.4, 0.5) is 0 Å². The Hall–Kier alpha value is -2.35. The molecule has 0 aliphatic heterocycles. The highest BCUT2D eigenvalue weighted by molar-refractivity contribution is 5.38. The number of nitrogens with zero attached hydrogens (tertiary/aromatic N) is 2. The third-order valence-electron chi connectivity index (χ3n) is 3.63. The normalized spacial score (nSPS) is 10.7. The number of rotatable bonds is 3. The van der Waals surface area contributed by atoms with Gasteiger partial charge >= 0.3 is 0 Å². The first-order valence-electron chi connectivity index (χ1n) is 6.90. The van der Waals surface area contributed by atoms with E-state index in [1.165, 1.54) is 16.9 Å². The second-order valence-electron chi connectivity index (χ2n) is 5.03. The lowest BCUT2D eigenvalue weighted by molar-refractivity contribution is 0.891. The maximum Gasteiger partial charge on any atom is 0.118 e. The van der Waals surface area contributed by atoms with Crippen LogP contribution in [0.1, 0.15) is 22.8 Å². The molecule has 0 amide bonds. The number of hydrogen-bond acceptors (Lipinski definition) is 1. The summed E-state index contributed by atoms with van der Waals surface area (Å²) in [5.74, 6) is 1.09. The van der Waals surface area contributed by atoms with Gasteiger partial charge in [0.05, 0.1) is 5.69 Å². The predicted octanol–water partition coefficient (Wildman–Crippen LogP) is 4.08. The van der Waals surface area contributed by atoms with Gasteiger partial charge in [-0.15, -0.1) is 0 Å². The highest BCUT2D eigenvalue weighted by Gasteiger charge is 2.12. The zero-order chi connectivity index (χ0) is 13.9. The first-order chi connectivity index (χ1) is 9.75. The summed E-state index contributed by atoms with van der Waals surface area (Å²) in [5, 5.41) is 0. The summed E-state index contributed by atoms with van der Waals surface area (Å²) in [6, 6.07) is 20.9. The Morgan fingerprint density at radius 2 is 1.45 bits per heavy atom. The van der Waals surface area contributed by atoms with Crippen molar-refractivity contribution in [3.63, 3.8) is 0 Å². The standard InChI is InChI=1S/C18H18N2/c1-14-15(2)20(17-11-7-4-8-12-17)18(19-14)13-16-9-5-3-6-10-16/h3-12H,13H2,1-2H3. The summed E-state index contributed by atoms with van der Waals surface area (Å²) in [7, 11) is 0. The van der Waals surface area contributed by atoms with Crippen LogP contribution in [0.15, 0.2) is 60.7 Å². The summed E-state index contributed by atoms with van der Waals surface area (Å²) in [4.78, 5) is 4.74. The first-order valence-corrected chi connectivity index (χ1v) is 6.90. The maximum absolute atomic E-state index is 4.74. The van der Waals surface area contributed by atoms with E-state index >= 15 is 0 Å². The van der Waals surface area contributed by atoms with Gasteiger partial charge in [-0.25, -0.2) is 4.98 Å². The fourth-order valence-corrected chi connectivity index (χ4v) is 2.50. The second-order valence-corrected chi connectivity index (χ2v) is 5.03. The van der Waals surface area contributed by atoms with E-state index in [2.05, 4.69) is 66.9 Å². The molecular formula is C18H18N2. The highest BCUT2D eigenvalue weighted by Crippen LogP contribution is 2.19. The van der Waals surface area contributed by atoms with Crippen LogP contribution in [0.2, 0.25) is 0 Å². The fourth-order valence-electron chi connectivity index (χ4n) is 2.50. The largest absolute Gasteiger partial charge is 0.300 e. The topological polar surface area (TPSA) is 17.8 Å². The highest BCUT2D eigenvalue weighted by atomic mass is 15.1. The Labute approximate surface area is 119 Å². The molecule has 0 fully saturated rings. The van der Waals surface area contributed by atoms with E-state index in [4.69, 9.17) is 4.98 Å². The SMILES string of the molecule is Cc1nc(Cc2ccccc2)n(-c2ccccc2)c1C. The van der Waals surface area contributed by atoms with Gasteiger partial charge < -0.3 is 4.57 Å². The van der Waals surface area contributed by atoms with Crippen molar-refractivity contribution in [3.05, 3.63) is 83.4 Å². The van der Waals surface area contributed by atoms with Gasteiger partial charge in [-0.1, -0.05) is 48.5 Å². The molecule has 2 heteroatoms. The van der Waals surface area contributed by atoms with Gasteiger partial charge in [-0.2, -0.15) is 0 Å². The van der Waals surface area contributed by atoms with Gasteiger partial charge in [-0.05, 0) is 31.5 Å². The Kier molecular flexibility index (Phi) is 3.38. The number of hydrogen-bond donors (Lipinski definition) is 0. The molecule has 0 spiro atoms. The van der Waals surface area contributed by atoms with Crippen molar-refractivity contribution in [2.45, 2.75) is 20.3 Å². The van der Waals surface area contributed by atoms with Crippen molar-refractivity contribution in [1.82, 2.24) is 9.55 Å². The van der Waals surface area contributed by atoms with Gasteiger partial charge in [-0.3, -0.25) is 0 Å². The number of aromatic nitrogens is 2.